The predicted molar refractivity (Wildman–Crippen MR) is 68.1 cm³/mol. The number of benzene rings is 1. The Morgan fingerprint density at radius 3 is 2.55 bits per heavy atom. The third kappa shape index (κ3) is 2.80. The summed E-state index contributed by atoms with van der Waals surface area (Å²) >= 11 is 0. The van der Waals surface area contributed by atoms with Crippen molar-refractivity contribution in [3.05, 3.63) is 47.8 Å². The van der Waals surface area contributed by atoms with E-state index in [2.05, 4.69) is 10.3 Å². The van der Waals surface area contributed by atoms with E-state index in [9.17, 15) is 13.2 Å². The van der Waals surface area contributed by atoms with Crippen molar-refractivity contribution in [3.8, 4) is 6.07 Å². The van der Waals surface area contributed by atoms with Gasteiger partial charge in [0.1, 0.15) is 11.8 Å². The van der Waals surface area contributed by atoms with Crippen molar-refractivity contribution in [2.75, 3.05) is 11.1 Å². The monoisotopic (exact) mass is 278 g/mol. The van der Waals surface area contributed by atoms with E-state index in [1.165, 1.54) is 0 Å². The minimum atomic E-state index is -4.56. The van der Waals surface area contributed by atoms with Crippen LogP contribution >= 0.6 is 0 Å². The molecule has 0 fully saturated rings. The van der Waals surface area contributed by atoms with Gasteiger partial charge in [-0.3, -0.25) is 0 Å². The molecule has 7 heteroatoms. The smallest absolute Gasteiger partial charge is 0.396 e. The van der Waals surface area contributed by atoms with Gasteiger partial charge in [-0.25, -0.2) is 4.98 Å². The Morgan fingerprint density at radius 2 is 1.90 bits per heavy atom. The third-order valence-electron chi connectivity index (χ3n) is 2.54. The summed E-state index contributed by atoms with van der Waals surface area (Å²) < 4.78 is 37.8. The molecule has 1 aromatic heterocycles. The zero-order valence-electron chi connectivity index (χ0n) is 10.1. The van der Waals surface area contributed by atoms with Gasteiger partial charge in [0.15, 0.2) is 0 Å². The van der Waals surface area contributed by atoms with E-state index in [4.69, 9.17) is 11.0 Å². The van der Waals surface area contributed by atoms with Crippen LogP contribution in [0.1, 0.15) is 11.3 Å². The average Bonchev–Trinajstić information content (AvgIpc) is 2.40. The van der Waals surface area contributed by atoms with Crippen LogP contribution in [0.4, 0.5) is 30.2 Å². The lowest BCUT2D eigenvalue weighted by atomic mass is 10.2. The standard InChI is InChI=1S/C13H9F3N4/c14-13(15,16)12-5-11(9(18)7-19-12)20-10-4-2-1-3-8(10)6-17/h1-5,7H,18H2,(H,19,20). The molecule has 0 atom stereocenters. The van der Waals surface area contributed by atoms with Crippen molar-refractivity contribution in [2.45, 2.75) is 6.18 Å². The molecule has 0 saturated heterocycles. The maximum atomic E-state index is 12.6. The van der Waals surface area contributed by atoms with E-state index in [0.717, 1.165) is 12.3 Å². The summed E-state index contributed by atoms with van der Waals surface area (Å²) in [6, 6.07) is 9.18. The van der Waals surface area contributed by atoms with Crippen LogP contribution in [0.5, 0.6) is 0 Å². The van der Waals surface area contributed by atoms with E-state index in [1.807, 2.05) is 6.07 Å². The predicted octanol–water partition coefficient (Wildman–Crippen LogP) is 3.30. The Bertz CT molecular complexity index is 674. The van der Waals surface area contributed by atoms with Crippen LogP contribution in [0.25, 0.3) is 0 Å². The fraction of sp³-hybridized carbons (Fsp3) is 0.0769. The number of hydrogen-bond donors (Lipinski definition) is 2. The van der Waals surface area contributed by atoms with Gasteiger partial charge in [-0.05, 0) is 18.2 Å². The summed E-state index contributed by atoms with van der Waals surface area (Å²) in [7, 11) is 0. The first-order chi connectivity index (χ1) is 9.41. The number of aromatic nitrogens is 1. The van der Waals surface area contributed by atoms with Gasteiger partial charge in [0.05, 0.1) is 28.8 Å². The molecule has 0 aliphatic carbocycles. The number of nitrogens with one attached hydrogen (secondary N) is 1. The molecule has 0 spiro atoms. The lowest BCUT2D eigenvalue weighted by Gasteiger charge is -2.13. The van der Waals surface area contributed by atoms with Gasteiger partial charge < -0.3 is 11.1 Å². The lowest BCUT2D eigenvalue weighted by Crippen LogP contribution is -2.09. The second kappa shape index (κ2) is 5.09. The zero-order valence-corrected chi connectivity index (χ0v) is 10.1. The summed E-state index contributed by atoms with van der Waals surface area (Å²) in [5.74, 6) is 0. The van der Waals surface area contributed by atoms with Crippen molar-refractivity contribution in [2.24, 2.45) is 0 Å². The second-order valence-electron chi connectivity index (χ2n) is 3.94. The lowest BCUT2D eigenvalue weighted by molar-refractivity contribution is -0.141. The van der Waals surface area contributed by atoms with E-state index >= 15 is 0 Å². The Balaban J connectivity index is 2.41. The normalized spacial score (nSPS) is 10.9. The molecule has 20 heavy (non-hydrogen) atoms. The summed E-state index contributed by atoms with van der Waals surface area (Å²) in [4.78, 5) is 3.24. The van der Waals surface area contributed by atoms with E-state index < -0.39 is 11.9 Å². The molecule has 4 nitrogen and oxygen atoms in total. The Kier molecular flexibility index (Phi) is 3.48. The van der Waals surface area contributed by atoms with E-state index in [-0.39, 0.29) is 11.4 Å². The highest BCUT2D eigenvalue weighted by Gasteiger charge is 2.33. The molecule has 0 amide bonds. The molecule has 0 saturated carbocycles. The van der Waals surface area contributed by atoms with Crippen LogP contribution < -0.4 is 11.1 Å². The van der Waals surface area contributed by atoms with Gasteiger partial charge in [-0.1, -0.05) is 12.1 Å². The Hall–Kier alpha value is -2.75. The molecule has 1 aromatic carbocycles. The minimum absolute atomic E-state index is 0.0509. The van der Waals surface area contributed by atoms with Crippen LogP contribution in [0, 0.1) is 11.3 Å². The second-order valence-corrected chi connectivity index (χ2v) is 3.94. The highest BCUT2D eigenvalue weighted by atomic mass is 19.4. The van der Waals surface area contributed by atoms with E-state index in [1.54, 1.807) is 24.3 Å². The number of hydrogen-bond acceptors (Lipinski definition) is 4. The summed E-state index contributed by atoms with van der Waals surface area (Å²) in [6.07, 6.45) is -3.63. The number of alkyl halides is 3. The van der Waals surface area contributed by atoms with Crippen molar-refractivity contribution < 1.29 is 13.2 Å². The van der Waals surface area contributed by atoms with Crippen molar-refractivity contribution in [1.29, 1.82) is 5.26 Å². The molecule has 0 aliphatic heterocycles. The zero-order chi connectivity index (χ0) is 14.8. The van der Waals surface area contributed by atoms with Crippen LogP contribution in [0.3, 0.4) is 0 Å². The van der Waals surface area contributed by atoms with Crippen LogP contribution in [0.15, 0.2) is 36.5 Å². The van der Waals surface area contributed by atoms with Crippen molar-refractivity contribution in [3.63, 3.8) is 0 Å². The average molecular weight is 278 g/mol. The molecule has 1 heterocycles. The quantitative estimate of drug-likeness (QED) is 0.883. The topological polar surface area (TPSA) is 74.7 Å². The van der Waals surface area contributed by atoms with E-state index in [0.29, 0.717) is 11.3 Å². The van der Waals surface area contributed by atoms with Crippen molar-refractivity contribution in [1.82, 2.24) is 4.98 Å². The number of pyridine rings is 1. The molecule has 3 N–H and O–H groups in total. The largest absolute Gasteiger partial charge is 0.433 e. The number of nitriles is 1. The number of nitrogens with zero attached hydrogens (tertiary/aromatic N) is 2. The molecule has 2 rings (SSSR count). The summed E-state index contributed by atoms with van der Waals surface area (Å²) in [6.45, 7) is 0. The summed E-state index contributed by atoms with van der Waals surface area (Å²) in [5.41, 5.74) is 5.34. The minimum Gasteiger partial charge on any atom is -0.396 e. The maximum absolute atomic E-state index is 12.6. The number of para-hydroxylation sites is 1. The SMILES string of the molecule is N#Cc1ccccc1Nc1cc(C(F)(F)F)ncc1N. The first kappa shape index (κ1) is 13.7. The molecule has 0 unspecified atom stereocenters. The number of anilines is 3. The molecule has 102 valence electrons. The molecule has 0 radical (unpaired) electrons. The highest BCUT2D eigenvalue weighted by Crippen LogP contribution is 2.32. The van der Waals surface area contributed by atoms with Gasteiger partial charge in [0.2, 0.25) is 0 Å². The highest BCUT2D eigenvalue weighted by molar-refractivity contribution is 5.74. The van der Waals surface area contributed by atoms with Gasteiger partial charge in [-0.2, -0.15) is 18.4 Å². The Morgan fingerprint density at radius 1 is 1.20 bits per heavy atom. The number of nitrogen functional groups attached to an aromatic ring is 1. The fourth-order valence-electron chi connectivity index (χ4n) is 1.56. The number of nitrogens with two attached hydrogens (primary N) is 1. The maximum Gasteiger partial charge on any atom is 0.433 e. The van der Waals surface area contributed by atoms with Gasteiger partial charge in [0.25, 0.3) is 0 Å². The molecular weight excluding hydrogens is 269 g/mol. The van der Waals surface area contributed by atoms with Crippen LogP contribution in [0.2, 0.25) is 0 Å². The molecule has 0 bridgehead atoms. The van der Waals surface area contributed by atoms with Gasteiger partial charge >= 0.3 is 6.18 Å². The summed E-state index contributed by atoms with van der Waals surface area (Å²) in [5, 5.41) is 11.7. The number of rotatable bonds is 2. The third-order valence-corrected chi connectivity index (χ3v) is 2.54. The van der Waals surface area contributed by atoms with Gasteiger partial charge in [-0.15, -0.1) is 0 Å². The van der Waals surface area contributed by atoms with Crippen molar-refractivity contribution >= 4 is 17.1 Å². The number of halogens is 3. The fourth-order valence-corrected chi connectivity index (χ4v) is 1.56. The molecular formula is C13H9F3N4. The first-order valence-corrected chi connectivity index (χ1v) is 5.50. The van der Waals surface area contributed by atoms with Gasteiger partial charge in [0, 0.05) is 0 Å². The Labute approximate surface area is 112 Å². The first-order valence-electron chi connectivity index (χ1n) is 5.50. The van der Waals surface area contributed by atoms with Crippen LogP contribution in [-0.4, -0.2) is 4.98 Å². The molecule has 2 aromatic rings. The molecule has 0 aliphatic rings. The van der Waals surface area contributed by atoms with Crippen LogP contribution in [-0.2, 0) is 6.18 Å².